The van der Waals surface area contributed by atoms with Crippen LogP contribution in [0.2, 0.25) is 0 Å². The topological polar surface area (TPSA) is 43.6 Å². The van der Waals surface area contributed by atoms with E-state index in [1.54, 1.807) is 0 Å². The number of allylic oxidation sites excluding steroid dienone is 4. The lowest BCUT2D eigenvalue weighted by atomic mass is 10.2. The highest BCUT2D eigenvalue weighted by molar-refractivity contribution is 5.86. The van der Waals surface area contributed by atoms with Gasteiger partial charge in [0.2, 0.25) is 5.95 Å². The molecule has 29 heavy (non-hydrogen) atoms. The maximum absolute atomic E-state index is 4.86. The quantitative estimate of drug-likeness (QED) is 0.403. The van der Waals surface area contributed by atoms with E-state index in [1.165, 1.54) is 10.9 Å². The fraction of sp³-hybridized carbons (Fsp3) is 0.160. The van der Waals surface area contributed by atoms with Gasteiger partial charge < -0.3 is 0 Å². The van der Waals surface area contributed by atoms with Crippen LogP contribution in [0.3, 0.4) is 0 Å². The number of benzene rings is 2. The molecule has 0 aliphatic heterocycles. The van der Waals surface area contributed by atoms with E-state index >= 15 is 0 Å². The molecular formula is C25H24N4. The van der Waals surface area contributed by atoms with Crippen molar-refractivity contribution in [2.45, 2.75) is 27.7 Å². The first kappa shape index (κ1) is 18.8. The van der Waals surface area contributed by atoms with Crippen LogP contribution in [0.5, 0.6) is 0 Å². The van der Waals surface area contributed by atoms with Crippen LogP contribution in [0.4, 0.5) is 0 Å². The van der Waals surface area contributed by atoms with Crippen molar-refractivity contribution in [2.75, 3.05) is 0 Å². The molecular weight excluding hydrogens is 356 g/mol. The number of aromatic nitrogens is 4. The summed E-state index contributed by atoms with van der Waals surface area (Å²) in [4.78, 5) is 14.5. The van der Waals surface area contributed by atoms with Gasteiger partial charge in [0.1, 0.15) is 0 Å². The maximum atomic E-state index is 4.86. The molecule has 2 aromatic heterocycles. The van der Waals surface area contributed by atoms with Gasteiger partial charge in [-0.25, -0.2) is 4.98 Å². The fourth-order valence-electron chi connectivity index (χ4n) is 3.58. The van der Waals surface area contributed by atoms with E-state index in [1.807, 2.05) is 62.4 Å². The molecule has 2 heterocycles. The summed E-state index contributed by atoms with van der Waals surface area (Å²) < 4.78 is 2.13. The molecule has 0 spiro atoms. The number of aryl methyl sites for hydroxylation is 1. The van der Waals surface area contributed by atoms with Crippen LogP contribution in [0.15, 0.2) is 72.8 Å². The maximum Gasteiger partial charge on any atom is 0.238 e. The molecule has 4 nitrogen and oxygen atoms in total. The molecule has 0 aliphatic carbocycles. The molecule has 0 radical (unpaired) electrons. The zero-order chi connectivity index (χ0) is 20.4. The highest BCUT2D eigenvalue weighted by Gasteiger charge is 2.17. The second-order valence-electron chi connectivity index (χ2n) is 6.96. The highest BCUT2D eigenvalue weighted by atomic mass is 15.2. The van der Waals surface area contributed by atoms with Gasteiger partial charge in [-0.2, -0.15) is 9.97 Å². The van der Waals surface area contributed by atoms with Crippen molar-refractivity contribution in [1.82, 2.24) is 19.5 Å². The summed E-state index contributed by atoms with van der Waals surface area (Å²) in [6, 6.07) is 18.4. The number of fused-ring (bicyclic) bond motifs is 1. The molecule has 0 bridgehead atoms. The minimum atomic E-state index is 0.638. The zero-order valence-electron chi connectivity index (χ0n) is 17.2. The second-order valence-corrected chi connectivity index (χ2v) is 6.96. The van der Waals surface area contributed by atoms with Gasteiger partial charge in [0.15, 0.2) is 11.6 Å². The van der Waals surface area contributed by atoms with Gasteiger partial charge in [0.05, 0.1) is 5.52 Å². The molecule has 0 fully saturated rings. The van der Waals surface area contributed by atoms with Gasteiger partial charge in [0, 0.05) is 22.2 Å². The van der Waals surface area contributed by atoms with Gasteiger partial charge in [0.25, 0.3) is 0 Å². The second kappa shape index (κ2) is 7.84. The summed E-state index contributed by atoms with van der Waals surface area (Å²) in [7, 11) is 0. The molecule has 0 aliphatic rings. The summed E-state index contributed by atoms with van der Waals surface area (Å²) in [5.41, 5.74) is 5.42. The van der Waals surface area contributed by atoms with Gasteiger partial charge >= 0.3 is 0 Å². The Hall–Kier alpha value is -3.53. The Labute approximate surface area is 171 Å². The minimum Gasteiger partial charge on any atom is -0.282 e. The number of hydrogen-bond acceptors (Lipinski definition) is 3. The van der Waals surface area contributed by atoms with E-state index < -0.39 is 0 Å². The summed E-state index contributed by atoms with van der Waals surface area (Å²) >= 11 is 0. The van der Waals surface area contributed by atoms with Crippen LogP contribution < -0.4 is 0 Å². The summed E-state index contributed by atoms with van der Waals surface area (Å²) in [6.07, 6.45) is 6.06. The van der Waals surface area contributed by atoms with Gasteiger partial charge in [-0.1, -0.05) is 66.8 Å². The van der Waals surface area contributed by atoms with Gasteiger partial charge in [-0.05, 0) is 39.3 Å². The first-order chi connectivity index (χ1) is 14.1. The summed E-state index contributed by atoms with van der Waals surface area (Å²) in [6.45, 7) is 8.26. The van der Waals surface area contributed by atoms with Crippen LogP contribution in [0, 0.1) is 13.8 Å². The monoisotopic (exact) mass is 380 g/mol. The van der Waals surface area contributed by atoms with Crippen LogP contribution in [0.1, 0.15) is 30.9 Å². The summed E-state index contributed by atoms with van der Waals surface area (Å²) in [5.74, 6) is 1.98. The lowest BCUT2D eigenvalue weighted by Gasteiger charge is -2.11. The van der Waals surface area contributed by atoms with E-state index in [0.717, 1.165) is 22.3 Å². The average Bonchev–Trinajstić information content (AvgIpc) is 3.02. The number of nitrogens with zero attached hydrogens (tertiary/aromatic N) is 4. The first-order valence-corrected chi connectivity index (χ1v) is 9.82. The number of hydrogen-bond donors (Lipinski definition) is 0. The van der Waals surface area contributed by atoms with Crippen molar-refractivity contribution < 1.29 is 0 Å². The van der Waals surface area contributed by atoms with E-state index in [9.17, 15) is 0 Å². The largest absolute Gasteiger partial charge is 0.282 e. The number of rotatable bonds is 4. The molecule has 4 aromatic rings. The molecule has 0 unspecified atom stereocenters. The average molecular weight is 380 g/mol. The zero-order valence-corrected chi connectivity index (χ0v) is 17.2. The standard InChI is InChI=1S/C25H24N4/c1-5-12-19(6-2)23-26-24(20-13-8-7-9-14-20)28-25(27-23)29-18(4)17(3)21-15-10-11-16-22(21)29/h5-16H,1-4H3/b12-5-,19-6+. The minimum absolute atomic E-state index is 0.638. The Balaban J connectivity index is 2.03. The Kier molecular flexibility index (Phi) is 5.09. The molecule has 0 amide bonds. The third-order valence-electron chi connectivity index (χ3n) is 5.20. The molecule has 144 valence electrons. The van der Waals surface area contributed by atoms with E-state index in [2.05, 4.69) is 42.7 Å². The number of para-hydroxylation sites is 1. The van der Waals surface area contributed by atoms with Crippen molar-refractivity contribution in [3.05, 3.63) is 89.9 Å². The molecule has 0 atom stereocenters. The molecule has 0 saturated heterocycles. The Morgan fingerprint density at radius 2 is 1.59 bits per heavy atom. The lowest BCUT2D eigenvalue weighted by molar-refractivity contribution is 0.888. The van der Waals surface area contributed by atoms with Gasteiger partial charge in [-0.3, -0.25) is 4.57 Å². The van der Waals surface area contributed by atoms with Crippen molar-refractivity contribution in [2.24, 2.45) is 0 Å². The van der Waals surface area contributed by atoms with Crippen LogP contribution >= 0.6 is 0 Å². The third-order valence-corrected chi connectivity index (χ3v) is 5.20. The molecule has 0 saturated carbocycles. The van der Waals surface area contributed by atoms with Crippen molar-refractivity contribution in [3.8, 4) is 17.3 Å². The van der Waals surface area contributed by atoms with Crippen LogP contribution in [0.25, 0.3) is 33.8 Å². The van der Waals surface area contributed by atoms with Gasteiger partial charge in [-0.15, -0.1) is 0 Å². The summed E-state index contributed by atoms with van der Waals surface area (Å²) in [5, 5.41) is 1.22. The Morgan fingerprint density at radius 1 is 0.862 bits per heavy atom. The first-order valence-electron chi connectivity index (χ1n) is 9.82. The van der Waals surface area contributed by atoms with Crippen molar-refractivity contribution >= 4 is 16.5 Å². The van der Waals surface area contributed by atoms with Crippen molar-refractivity contribution in [3.63, 3.8) is 0 Å². The predicted octanol–water partition coefficient (Wildman–Crippen LogP) is 6.08. The SMILES string of the molecule is C/C=C\C(=C/C)c1nc(-c2ccccc2)nc(-n2c(C)c(C)c3ccccc32)n1. The smallest absolute Gasteiger partial charge is 0.238 e. The lowest BCUT2D eigenvalue weighted by Crippen LogP contribution is -2.09. The molecule has 4 heteroatoms. The normalized spacial score (nSPS) is 12.2. The Morgan fingerprint density at radius 3 is 2.31 bits per heavy atom. The molecule has 2 aromatic carbocycles. The van der Waals surface area contributed by atoms with Crippen LogP contribution in [-0.2, 0) is 0 Å². The predicted molar refractivity (Wildman–Crippen MR) is 120 cm³/mol. The fourth-order valence-corrected chi connectivity index (χ4v) is 3.58. The molecule has 4 rings (SSSR count). The third kappa shape index (κ3) is 3.38. The molecule has 0 N–H and O–H groups in total. The van der Waals surface area contributed by atoms with Crippen molar-refractivity contribution in [1.29, 1.82) is 0 Å². The van der Waals surface area contributed by atoms with E-state index in [-0.39, 0.29) is 0 Å². The van der Waals surface area contributed by atoms with E-state index in [4.69, 9.17) is 15.0 Å². The Bertz CT molecular complexity index is 1230. The van der Waals surface area contributed by atoms with E-state index in [0.29, 0.717) is 17.6 Å². The van der Waals surface area contributed by atoms with Crippen LogP contribution in [-0.4, -0.2) is 19.5 Å². The highest BCUT2D eigenvalue weighted by Crippen LogP contribution is 2.28.